The van der Waals surface area contributed by atoms with Gasteiger partial charge in [-0.05, 0) is 12.1 Å². The van der Waals surface area contributed by atoms with Gasteiger partial charge in [0.1, 0.15) is 18.5 Å². The zero-order valence-corrected chi connectivity index (χ0v) is 18.3. The predicted molar refractivity (Wildman–Crippen MR) is 107 cm³/mol. The maximum atomic E-state index is 11.8. The van der Waals surface area contributed by atoms with Crippen LogP contribution in [0.1, 0.15) is 27.7 Å². The van der Waals surface area contributed by atoms with E-state index in [-0.39, 0.29) is 11.4 Å². The monoisotopic (exact) mass is 470 g/mol. The largest absolute Gasteiger partial charge is 0.733 e. The number of anilines is 1. The SMILES string of the molecule is CC(=O)OC[C@@H]1O[C@@H](Oc2ccccc2N([O-])O)[C@H](OC(C)=O)[C@@H](OC(C)=O)[C@@H]1OC(C)=O. The van der Waals surface area contributed by atoms with Crippen molar-refractivity contribution in [1.29, 1.82) is 0 Å². The van der Waals surface area contributed by atoms with Crippen molar-refractivity contribution in [3.8, 4) is 5.75 Å². The minimum absolute atomic E-state index is 0.170. The molecule has 0 unspecified atom stereocenters. The molecule has 0 amide bonds. The van der Waals surface area contributed by atoms with Crippen LogP contribution in [-0.2, 0) is 42.9 Å². The molecule has 0 aliphatic carbocycles. The Kier molecular flexibility index (Phi) is 8.96. The molecule has 0 aromatic heterocycles. The third-order valence-electron chi connectivity index (χ3n) is 4.26. The first-order valence-corrected chi connectivity index (χ1v) is 9.72. The number of rotatable bonds is 8. The van der Waals surface area contributed by atoms with Crippen LogP contribution in [0, 0.1) is 5.21 Å². The van der Waals surface area contributed by atoms with Gasteiger partial charge in [0.05, 0.1) is 5.69 Å². The highest BCUT2D eigenvalue weighted by Crippen LogP contribution is 2.34. The molecule has 1 aromatic rings. The molecular weight excluding hydrogens is 446 g/mol. The number of ether oxygens (including phenoxy) is 6. The molecule has 1 saturated heterocycles. The van der Waals surface area contributed by atoms with E-state index in [2.05, 4.69) is 0 Å². The molecule has 1 aliphatic rings. The van der Waals surface area contributed by atoms with Crippen LogP contribution in [0.4, 0.5) is 5.69 Å². The molecule has 2 rings (SSSR count). The van der Waals surface area contributed by atoms with Crippen molar-refractivity contribution in [2.75, 3.05) is 11.8 Å². The molecule has 1 fully saturated rings. The molecule has 13 nitrogen and oxygen atoms in total. The van der Waals surface area contributed by atoms with E-state index in [0.29, 0.717) is 0 Å². The normalized spacial score (nSPS) is 24.2. The van der Waals surface area contributed by atoms with Crippen molar-refractivity contribution in [3.05, 3.63) is 29.5 Å². The third kappa shape index (κ3) is 7.30. The number of para-hydroxylation sites is 2. The van der Waals surface area contributed by atoms with Gasteiger partial charge in [-0.2, -0.15) is 0 Å². The lowest BCUT2D eigenvalue weighted by atomic mass is 9.98. The first-order valence-electron chi connectivity index (χ1n) is 9.72. The maximum absolute atomic E-state index is 11.8. The molecule has 182 valence electrons. The second kappa shape index (κ2) is 11.4. The fourth-order valence-corrected chi connectivity index (χ4v) is 3.12. The van der Waals surface area contributed by atoms with Gasteiger partial charge >= 0.3 is 23.9 Å². The van der Waals surface area contributed by atoms with Gasteiger partial charge in [0.25, 0.3) is 0 Å². The third-order valence-corrected chi connectivity index (χ3v) is 4.26. The summed E-state index contributed by atoms with van der Waals surface area (Å²) in [5, 5.41) is 20.4. The molecule has 1 heterocycles. The number of nitrogens with zero attached hydrogens (tertiary/aromatic N) is 1. The minimum Gasteiger partial charge on any atom is -0.733 e. The van der Waals surface area contributed by atoms with Crippen LogP contribution < -0.4 is 9.96 Å². The Balaban J connectivity index is 2.50. The van der Waals surface area contributed by atoms with Gasteiger partial charge in [-0.3, -0.25) is 24.4 Å². The van der Waals surface area contributed by atoms with Gasteiger partial charge < -0.3 is 38.9 Å². The lowest BCUT2D eigenvalue weighted by molar-refractivity contribution is -0.288. The molecule has 0 radical (unpaired) electrons. The summed E-state index contributed by atoms with van der Waals surface area (Å²) < 4.78 is 32.2. The van der Waals surface area contributed by atoms with Gasteiger partial charge in [-0.15, -0.1) is 0 Å². The highest BCUT2D eigenvalue weighted by atomic mass is 16.8. The highest BCUT2D eigenvalue weighted by Gasteiger charge is 2.53. The Morgan fingerprint density at radius 3 is 2.00 bits per heavy atom. The smallest absolute Gasteiger partial charge is 0.303 e. The van der Waals surface area contributed by atoms with Crippen LogP contribution in [-0.4, -0.2) is 66.4 Å². The van der Waals surface area contributed by atoms with Crippen LogP contribution >= 0.6 is 0 Å². The van der Waals surface area contributed by atoms with E-state index < -0.39 is 66.4 Å². The minimum atomic E-state index is -1.54. The van der Waals surface area contributed by atoms with Crippen LogP contribution in [0.5, 0.6) is 5.75 Å². The summed E-state index contributed by atoms with van der Waals surface area (Å²) in [5.74, 6) is -3.23. The molecule has 0 spiro atoms. The fourth-order valence-electron chi connectivity index (χ4n) is 3.12. The highest BCUT2D eigenvalue weighted by molar-refractivity contribution is 5.68. The number of benzene rings is 1. The Hall–Kier alpha value is -3.42. The first kappa shape index (κ1) is 25.8. The van der Waals surface area contributed by atoms with Crippen molar-refractivity contribution in [2.45, 2.75) is 58.4 Å². The number of hydrogen-bond acceptors (Lipinski definition) is 13. The van der Waals surface area contributed by atoms with Gasteiger partial charge in [0.15, 0.2) is 12.2 Å². The molecular formula is C20H24NO12-. The quantitative estimate of drug-likeness (QED) is 0.322. The van der Waals surface area contributed by atoms with Gasteiger partial charge in [0.2, 0.25) is 12.4 Å². The molecule has 0 saturated carbocycles. The zero-order valence-electron chi connectivity index (χ0n) is 18.3. The lowest BCUT2D eigenvalue weighted by Crippen LogP contribution is -2.63. The average molecular weight is 470 g/mol. The van der Waals surface area contributed by atoms with E-state index in [0.717, 1.165) is 27.7 Å². The lowest BCUT2D eigenvalue weighted by Gasteiger charge is -2.44. The zero-order chi connectivity index (χ0) is 24.7. The Morgan fingerprint density at radius 1 is 0.909 bits per heavy atom. The van der Waals surface area contributed by atoms with E-state index >= 15 is 0 Å². The molecule has 1 aliphatic heterocycles. The molecule has 0 bridgehead atoms. The Morgan fingerprint density at radius 2 is 1.45 bits per heavy atom. The predicted octanol–water partition coefficient (Wildman–Crippen LogP) is 0.842. The van der Waals surface area contributed by atoms with E-state index in [1.165, 1.54) is 24.3 Å². The van der Waals surface area contributed by atoms with Crippen molar-refractivity contribution >= 4 is 29.6 Å². The number of carbonyl (C=O) groups is 4. The summed E-state index contributed by atoms with van der Waals surface area (Å²) in [6.45, 7) is 3.96. The molecule has 13 heteroatoms. The van der Waals surface area contributed by atoms with Gasteiger partial charge in [0, 0.05) is 27.7 Å². The van der Waals surface area contributed by atoms with Crippen LogP contribution in [0.25, 0.3) is 0 Å². The second-order valence-electron chi connectivity index (χ2n) is 6.93. The van der Waals surface area contributed by atoms with Crippen molar-refractivity contribution < 1.29 is 52.8 Å². The van der Waals surface area contributed by atoms with E-state index in [1.807, 2.05) is 0 Å². The number of hydrogen-bond donors (Lipinski definition) is 1. The summed E-state index contributed by atoms with van der Waals surface area (Å²) in [6, 6.07) is 5.52. The van der Waals surface area contributed by atoms with E-state index in [4.69, 9.17) is 28.4 Å². The fraction of sp³-hybridized carbons (Fsp3) is 0.500. The second-order valence-corrected chi connectivity index (χ2v) is 6.93. The average Bonchev–Trinajstić information content (AvgIpc) is 2.70. The topological polar surface area (TPSA) is 170 Å². The maximum Gasteiger partial charge on any atom is 0.303 e. The summed E-state index contributed by atoms with van der Waals surface area (Å²) in [7, 11) is 0. The molecule has 1 N–H and O–H groups in total. The van der Waals surface area contributed by atoms with Crippen LogP contribution in [0.15, 0.2) is 24.3 Å². The van der Waals surface area contributed by atoms with E-state index in [1.54, 1.807) is 0 Å². The molecule has 1 aromatic carbocycles. The van der Waals surface area contributed by atoms with Crippen LogP contribution in [0.3, 0.4) is 0 Å². The summed E-state index contributed by atoms with van der Waals surface area (Å²) in [4.78, 5) is 46.6. The Bertz CT molecular complexity index is 872. The number of carbonyl (C=O) groups excluding carboxylic acids is 4. The standard InChI is InChI=1S/C20H24NO12/c1-10(22)28-9-16-17(29-11(2)23)18(30-12(3)24)19(31-13(4)25)20(33-16)32-15-8-6-5-7-14(15)21(26)27/h5-8,16-20,26H,9H2,1-4H3/q-1/t16-,17+,18-,19+,20+/m0/s1. The molecule has 5 atom stereocenters. The van der Waals surface area contributed by atoms with Gasteiger partial charge in [-0.25, -0.2) is 0 Å². The summed E-state index contributed by atoms with van der Waals surface area (Å²) >= 11 is 0. The summed E-state index contributed by atoms with van der Waals surface area (Å²) in [5.41, 5.74) is -0.301. The number of esters is 4. The van der Waals surface area contributed by atoms with Gasteiger partial charge in [-0.1, -0.05) is 12.1 Å². The van der Waals surface area contributed by atoms with Crippen molar-refractivity contribution in [2.24, 2.45) is 0 Å². The van der Waals surface area contributed by atoms with Crippen LogP contribution in [0.2, 0.25) is 0 Å². The molecule has 33 heavy (non-hydrogen) atoms. The van der Waals surface area contributed by atoms with Crippen molar-refractivity contribution in [3.63, 3.8) is 0 Å². The van der Waals surface area contributed by atoms with E-state index in [9.17, 15) is 29.6 Å². The summed E-state index contributed by atoms with van der Waals surface area (Å²) in [6.07, 6.45) is -7.01. The van der Waals surface area contributed by atoms with Crippen molar-refractivity contribution in [1.82, 2.24) is 0 Å². The first-order chi connectivity index (χ1) is 15.5. The Labute approximate surface area is 188 Å².